The van der Waals surface area contributed by atoms with Crippen molar-refractivity contribution in [3.05, 3.63) is 29.3 Å². The molecule has 1 aromatic rings. The second-order valence-corrected chi connectivity index (χ2v) is 8.18. The molecule has 8 heteroatoms. The summed E-state index contributed by atoms with van der Waals surface area (Å²) >= 11 is 0. The summed E-state index contributed by atoms with van der Waals surface area (Å²) in [6.45, 7) is 3.96. The van der Waals surface area contributed by atoms with E-state index in [1.54, 1.807) is 19.9 Å². The molecular weight excluding hydrogens is 332 g/mol. The molecule has 0 radical (unpaired) electrons. The summed E-state index contributed by atoms with van der Waals surface area (Å²) < 4.78 is 25.3. The van der Waals surface area contributed by atoms with Gasteiger partial charge in [-0.1, -0.05) is 6.07 Å². The Morgan fingerprint density at radius 1 is 1.38 bits per heavy atom. The molecule has 132 valence electrons. The van der Waals surface area contributed by atoms with E-state index in [0.717, 1.165) is 5.56 Å². The zero-order chi connectivity index (χ0) is 17.9. The third kappa shape index (κ3) is 4.12. The van der Waals surface area contributed by atoms with Gasteiger partial charge in [-0.2, -0.15) is 0 Å². The van der Waals surface area contributed by atoms with Gasteiger partial charge < -0.3 is 10.4 Å². The molecule has 0 bridgehead atoms. The number of sulfonamides is 1. The molecular formula is C16H22N2O5S. The van der Waals surface area contributed by atoms with E-state index in [1.165, 1.54) is 16.4 Å². The number of hydrogen-bond acceptors (Lipinski definition) is 4. The van der Waals surface area contributed by atoms with Gasteiger partial charge >= 0.3 is 5.97 Å². The number of hydrogen-bond donors (Lipinski definition) is 2. The number of carbonyl (C=O) groups excluding carboxylic acids is 1. The highest BCUT2D eigenvalue weighted by Gasteiger charge is 2.31. The summed E-state index contributed by atoms with van der Waals surface area (Å²) in [6.07, 6.45) is 1.24. The molecule has 1 atom stereocenters. The Balaban J connectivity index is 2.12. The van der Waals surface area contributed by atoms with Crippen LogP contribution in [0.2, 0.25) is 0 Å². The van der Waals surface area contributed by atoms with Crippen molar-refractivity contribution in [1.29, 1.82) is 0 Å². The standard InChI is InChI=1S/C16H22N2O5S/c1-3-24(22,23)18-8-4-5-13(10-18)15(19)17-14-9-12(16(20)21)7-6-11(14)2/h6-7,9,13H,3-5,8,10H2,1-2H3,(H,17,19)(H,20,21). The van der Waals surface area contributed by atoms with Gasteiger partial charge in [-0.3, -0.25) is 4.79 Å². The number of nitrogens with one attached hydrogen (secondary N) is 1. The van der Waals surface area contributed by atoms with Crippen LogP contribution in [0.4, 0.5) is 5.69 Å². The van der Waals surface area contributed by atoms with Gasteiger partial charge in [0, 0.05) is 18.8 Å². The first-order chi connectivity index (χ1) is 11.2. The molecule has 1 aliphatic rings. The SMILES string of the molecule is CCS(=O)(=O)N1CCCC(C(=O)Nc2cc(C(=O)O)ccc2C)C1. The van der Waals surface area contributed by atoms with Crippen LogP contribution < -0.4 is 5.32 Å². The summed E-state index contributed by atoms with van der Waals surface area (Å²) in [6, 6.07) is 4.52. The Bertz CT molecular complexity index is 745. The fourth-order valence-corrected chi connectivity index (χ4v) is 3.90. The largest absolute Gasteiger partial charge is 0.478 e. The van der Waals surface area contributed by atoms with Crippen LogP contribution in [-0.4, -0.2) is 48.5 Å². The topological polar surface area (TPSA) is 104 Å². The molecule has 1 saturated heterocycles. The van der Waals surface area contributed by atoms with Gasteiger partial charge in [0.1, 0.15) is 0 Å². The monoisotopic (exact) mass is 354 g/mol. The number of carboxylic acid groups (broad SMARTS) is 1. The van der Waals surface area contributed by atoms with Crippen molar-refractivity contribution in [2.45, 2.75) is 26.7 Å². The first-order valence-electron chi connectivity index (χ1n) is 7.87. The van der Waals surface area contributed by atoms with Crippen LogP contribution in [0, 0.1) is 12.8 Å². The van der Waals surface area contributed by atoms with Crippen molar-refractivity contribution in [2.24, 2.45) is 5.92 Å². The second-order valence-electron chi connectivity index (χ2n) is 5.92. The third-order valence-corrected chi connectivity index (χ3v) is 6.10. The van der Waals surface area contributed by atoms with E-state index in [1.807, 2.05) is 0 Å². The lowest BCUT2D eigenvalue weighted by Crippen LogP contribution is -2.44. The zero-order valence-corrected chi connectivity index (χ0v) is 14.6. The molecule has 1 aliphatic heterocycles. The Kier molecular flexibility index (Phi) is 5.61. The minimum atomic E-state index is -3.31. The fraction of sp³-hybridized carbons (Fsp3) is 0.500. The number of piperidine rings is 1. The summed E-state index contributed by atoms with van der Waals surface area (Å²) in [5.41, 5.74) is 1.28. The van der Waals surface area contributed by atoms with Crippen molar-refractivity contribution in [2.75, 3.05) is 24.2 Å². The predicted molar refractivity (Wildman–Crippen MR) is 90.5 cm³/mol. The molecule has 1 unspecified atom stereocenters. The number of nitrogens with zero attached hydrogens (tertiary/aromatic N) is 1. The molecule has 0 saturated carbocycles. The molecule has 2 N–H and O–H groups in total. The number of carbonyl (C=O) groups is 2. The number of amides is 1. The average Bonchev–Trinajstić information content (AvgIpc) is 2.56. The molecule has 1 amide bonds. The van der Waals surface area contributed by atoms with Gasteiger partial charge in [-0.05, 0) is 44.4 Å². The van der Waals surface area contributed by atoms with Gasteiger partial charge in [0.25, 0.3) is 0 Å². The second kappa shape index (κ2) is 7.31. The maximum absolute atomic E-state index is 12.5. The number of benzene rings is 1. The van der Waals surface area contributed by atoms with Crippen LogP contribution in [0.15, 0.2) is 18.2 Å². The van der Waals surface area contributed by atoms with E-state index in [4.69, 9.17) is 5.11 Å². The van der Waals surface area contributed by atoms with E-state index in [0.29, 0.717) is 25.1 Å². The van der Waals surface area contributed by atoms with Gasteiger partial charge in [0.2, 0.25) is 15.9 Å². The van der Waals surface area contributed by atoms with Crippen molar-refractivity contribution in [3.8, 4) is 0 Å². The van der Waals surface area contributed by atoms with Crippen molar-refractivity contribution >= 4 is 27.6 Å². The van der Waals surface area contributed by atoms with Gasteiger partial charge in [-0.25, -0.2) is 17.5 Å². The van der Waals surface area contributed by atoms with E-state index in [2.05, 4.69) is 5.32 Å². The van der Waals surface area contributed by atoms with Crippen molar-refractivity contribution in [3.63, 3.8) is 0 Å². The lowest BCUT2D eigenvalue weighted by molar-refractivity contribution is -0.120. The molecule has 1 aromatic carbocycles. The number of aromatic carboxylic acids is 1. The molecule has 2 rings (SSSR count). The highest BCUT2D eigenvalue weighted by atomic mass is 32.2. The smallest absolute Gasteiger partial charge is 0.335 e. The quantitative estimate of drug-likeness (QED) is 0.837. The maximum atomic E-state index is 12.5. The first kappa shape index (κ1) is 18.4. The van der Waals surface area contributed by atoms with Crippen LogP contribution in [0.1, 0.15) is 35.7 Å². The lowest BCUT2D eigenvalue weighted by atomic mass is 9.98. The molecule has 7 nitrogen and oxygen atoms in total. The molecule has 0 aromatic heterocycles. The van der Waals surface area contributed by atoms with Crippen LogP contribution in [0.3, 0.4) is 0 Å². The van der Waals surface area contributed by atoms with Crippen LogP contribution in [0.5, 0.6) is 0 Å². The van der Waals surface area contributed by atoms with Crippen LogP contribution in [-0.2, 0) is 14.8 Å². The Morgan fingerprint density at radius 3 is 2.71 bits per heavy atom. The highest BCUT2D eigenvalue weighted by molar-refractivity contribution is 7.89. The van der Waals surface area contributed by atoms with Gasteiger partial charge in [0.05, 0.1) is 17.2 Å². The molecule has 1 fully saturated rings. The van der Waals surface area contributed by atoms with E-state index in [9.17, 15) is 18.0 Å². The Labute approximate surface area is 141 Å². The van der Waals surface area contributed by atoms with E-state index >= 15 is 0 Å². The Morgan fingerprint density at radius 2 is 2.08 bits per heavy atom. The summed E-state index contributed by atoms with van der Waals surface area (Å²) in [5, 5.41) is 11.8. The molecule has 24 heavy (non-hydrogen) atoms. The number of rotatable bonds is 5. The van der Waals surface area contributed by atoms with Crippen molar-refractivity contribution < 1.29 is 23.1 Å². The normalized spacial score (nSPS) is 19.0. The van der Waals surface area contributed by atoms with Crippen LogP contribution in [0.25, 0.3) is 0 Å². The number of carboxylic acids is 1. The van der Waals surface area contributed by atoms with Gasteiger partial charge in [-0.15, -0.1) is 0 Å². The van der Waals surface area contributed by atoms with Crippen LogP contribution >= 0.6 is 0 Å². The molecule has 0 spiro atoms. The average molecular weight is 354 g/mol. The summed E-state index contributed by atoms with van der Waals surface area (Å²) in [5.74, 6) is -1.77. The number of anilines is 1. The fourth-order valence-electron chi connectivity index (χ4n) is 2.72. The summed E-state index contributed by atoms with van der Waals surface area (Å²) in [4.78, 5) is 23.5. The maximum Gasteiger partial charge on any atom is 0.335 e. The minimum Gasteiger partial charge on any atom is -0.478 e. The summed E-state index contributed by atoms with van der Waals surface area (Å²) in [7, 11) is -3.31. The third-order valence-electron chi connectivity index (χ3n) is 4.26. The predicted octanol–water partition coefficient (Wildman–Crippen LogP) is 1.69. The molecule has 0 aliphatic carbocycles. The number of aryl methyl sites for hydroxylation is 1. The first-order valence-corrected chi connectivity index (χ1v) is 9.48. The molecule has 1 heterocycles. The van der Waals surface area contributed by atoms with E-state index < -0.39 is 21.9 Å². The minimum absolute atomic E-state index is 0.0150. The van der Waals surface area contributed by atoms with E-state index in [-0.39, 0.29) is 23.8 Å². The van der Waals surface area contributed by atoms with Gasteiger partial charge in [0.15, 0.2) is 0 Å². The highest BCUT2D eigenvalue weighted by Crippen LogP contribution is 2.23. The lowest BCUT2D eigenvalue weighted by Gasteiger charge is -2.31. The Hall–Kier alpha value is -1.93. The van der Waals surface area contributed by atoms with Crippen molar-refractivity contribution in [1.82, 2.24) is 4.31 Å². The zero-order valence-electron chi connectivity index (χ0n) is 13.8.